The minimum Gasteiger partial charge on any atom is -0.422 e. The molecule has 0 radical (unpaired) electrons. The van der Waals surface area contributed by atoms with Crippen molar-refractivity contribution >= 4 is 26.7 Å². The lowest BCUT2D eigenvalue weighted by atomic mass is 10.1. The van der Waals surface area contributed by atoms with E-state index in [1.165, 1.54) is 0 Å². The molecule has 0 amide bonds. The zero-order chi connectivity index (χ0) is 12.5. The summed E-state index contributed by atoms with van der Waals surface area (Å²) in [5, 5.41) is 1.49. The highest BCUT2D eigenvalue weighted by atomic mass is 79.9. The second kappa shape index (κ2) is 4.42. The van der Waals surface area contributed by atoms with E-state index in [9.17, 15) is 4.79 Å². The number of fused-ring (bicyclic) bond motifs is 1. The van der Waals surface area contributed by atoms with Crippen molar-refractivity contribution < 1.29 is 4.42 Å². The van der Waals surface area contributed by atoms with Gasteiger partial charge in [-0.3, -0.25) is 0 Å². The number of hydrogen-bond donors (Lipinski definition) is 0. The summed E-state index contributed by atoms with van der Waals surface area (Å²) in [4.78, 5) is 11.9. The van der Waals surface area contributed by atoms with Crippen LogP contribution in [0.5, 0.6) is 0 Å². The fourth-order valence-corrected chi connectivity index (χ4v) is 2.41. The van der Waals surface area contributed by atoms with Gasteiger partial charge >= 0.3 is 5.63 Å². The molecule has 0 saturated heterocycles. The lowest BCUT2D eigenvalue weighted by Crippen LogP contribution is -2.00. The van der Waals surface area contributed by atoms with E-state index in [-0.39, 0.29) is 5.63 Å². The summed E-state index contributed by atoms with van der Waals surface area (Å²) in [6, 6.07) is 17.0. The first-order valence-electron chi connectivity index (χ1n) is 5.53. The molecule has 2 nitrogen and oxygen atoms in total. The van der Waals surface area contributed by atoms with Crippen molar-refractivity contribution in [2.24, 2.45) is 0 Å². The molecule has 1 heterocycles. The summed E-state index contributed by atoms with van der Waals surface area (Å²) in [5.41, 5.74) is 0.569. The average molecular weight is 301 g/mol. The Hall–Kier alpha value is -1.87. The molecule has 18 heavy (non-hydrogen) atoms. The Morgan fingerprint density at radius 3 is 2.50 bits per heavy atom. The minimum atomic E-state index is -0.307. The predicted molar refractivity (Wildman–Crippen MR) is 75.6 cm³/mol. The second-order valence-electron chi connectivity index (χ2n) is 3.97. The van der Waals surface area contributed by atoms with E-state index in [2.05, 4.69) is 15.9 Å². The standard InChI is InChI=1S/C15H9BrO2/c16-13-8-4-3-7-12(13)14-9-10-5-1-2-6-11(10)15(17)18-14/h1-9H. The van der Waals surface area contributed by atoms with Crippen LogP contribution < -0.4 is 5.63 Å². The van der Waals surface area contributed by atoms with E-state index in [1.807, 2.05) is 48.5 Å². The van der Waals surface area contributed by atoms with Crippen LogP contribution in [-0.4, -0.2) is 0 Å². The Morgan fingerprint density at radius 2 is 1.67 bits per heavy atom. The zero-order valence-corrected chi connectivity index (χ0v) is 11.0. The van der Waals surface area contributed by atoms with Crippen molar-refractivity contribution in [2.75, 3.05) is 0 Å². The Bertz CT molecular complexity index is 775. The second-order valence-corrected chi connectivity index (χ2v) is 4.82. The molecule has 2 aromatic carbocycles. The number of rotatable bonds is 1. The molecule has 0 unspecified atom stereocenters. The molecule has 0 aliphatic carbocycles. The molecule has 88 valence electrons. The fourth-order valence-electron chi connectivity index (χ4n) is 1.93. The molecule has 0 aliphatic rings. The summed E-state index contributed by atoms with van der Waals surface area (Å²) in [7, 11) is 0. The predicted octanol–water partition coefficient (Wildman–Crippen LogP) is 4.22. The van der Waals surface area contributed by atoms with E-state index in [1.54, 1.807) is 6.07 Å². The van der Waals surface area contributed by atoms with Crippen LogP contribution in [0.3, 0.4) is 0 Å². The molecular weight excluding hydrogens is 292 g/mol. The van der Waals surface area contributed by atoms with Gasteiger partial charge in [0.05, 0.1) is 5.39 Å². The van der Waals surface area contributed by atoms with Crippen molar-refractivity contribution in [3.8, 4) is 11.3 Å². The minimum absolute atomic E-state index is 0.307. The highest BCUT2D eigenvalue weighted by molar-refractivity contribution is 9.10. The van der Waals surface area contributed by atoms with Crippen LogP contribution in [-0.2, 0) is 0 Å². The number of halogens is 1. The topological polar surface area (TPSA) is 30.2 Å². The average Bonchev–Trinajstić information content (AvgIpc) is 2.39. The highest BCUT2D eigenvalue weighted by Crippen LogP contribution is 2.28. The van der Waals surface area contributed by atoms with Gasteiger partial charge in [-0.2, -0.15) is 0 Å². The van der Waals surface area contributed by atoms with Crippen LogP contribution in [0, 0.1) is 0 Å². The molecule has 0 bridgehead atoms. The molecular formula is C15H9BrO2. The largest absolute Gasteiger partial charge is 0.422 e. The summed E-state index contributed by atoms with van der Waals surface area (Å²) < 4.78 is 6.28. The molecule has 0 saturated carbocycles. The summed E-state index contributed by atoms with van der Waals surface area (Å²) >= 11 is 3.46. The van der Waals surface area contributed by atoms with Crippen molar-refractivity contribution in [1.82, 2.24) is 0 Å². The van der Waals surface area contributed by atoms with Gasteiger partial charge in [0.1, 0.15) is 5.76 Å². The highest BCUT2D eigenvalue weighted by Gasteiger charge is 2.08. The lowest BCUT2D eigenvalue weighted by molar-refractivity contribution is 0.534. The van der Waals surface area contributed by atoms with Crippen molar-refractivity contribution in [2.45, 2.75) is 0 Å². The van der Waals surface area contributed by atoms with Crippen molar-refractivity contribution in [1.29, 1.82) is 0 Å². The van der Waals surface area contributed by atoms with E-state index < -0.39 is 0 Å². The lowest BCUT2D eigenvalue weighted by Gasteiger charge is -2.04. The number of benzene rings is 2. The van der Waals surface area contributed by atoms with Gasteiger partial charge in [-0.05, 0) is 23.6 Å². The Morgan fingerprint density at radius 1 is 0.944 bits per heavy atom. The molecule has 0 atom stereocenters. The quantitative estimate of drug-likeness (QED) is 0.673. The smallest absolute Gasteiger partial charge is 0.344 e. The van der Waals surface area contributed by atoms with Gasteiger partial charge in [0.15, 0.2) is 0 Å². The first kappa shape index (κ1) is 11.2. The van der Waals surface area contributed by atoms with Gasteiger partial charge < -0.3 is 4.42 Å². The van der Waals surface area contributed by atoms with Gasteiger partial charge in [-0.15, -0.1) is 0 Å². The van der Waals surface area contributed by atoms with Crippen LogP contribution in [0.2, 0.25) is 0 Å². The van der Waals surface area contributed by atoms with Gasteiger partial charge in [0.25, 0.3) is 0 Å². The third-order valence-electron chi connectivity index (χ3n) is 2.81. The zero-order valence-electron chi connectivity index (χ0n) is 9.39. The number of hydrogen-bond acceptors (Lipinski definition) is 2. The van der Waals surface area contributed by atoms with Gasteiger partial charge in [-0.25, -0.2) is 4.79 Å². The third-order valence-corrected chi connectivity index (χ3v) is 3.50. The van der Waals surface area contributed by atoms with Gasteiger partial charge in [-0.1, -0.05) is 52.3 Å². The SMILES string of the molecule is O=c1oc(-c2ccccc2Br)cc2ccccc12. The Kier molecular flexibility index (Phi) is 2.76. The molecule has 1 aromatic heterocycles. The van der Waals surface area contributed by atoms with Crippen LogP contribution >= 0.6 is 15.9 Å². The fraction of sp³-hybridized carbons (Fsp3) is 0. The molecule has 3 aromatic rings. The normalized spacial score (nSPS) is 10.7. The Labute approximate surface area is 112 Å². The van der Waals surface area contributed by atoms with Gasteiger partial charge in [0.2, 0.25) is 0 Å². The van der Waals surface area contributed by atoms with E-state index >= 15 is 0 Å². The molecule has 0 N–H and O–H groups in total. The third kappa shape index (κ3) is 1.87. The van der Waals surface area contributed by atoms with Gasteiger partial charge in [0, 0.05) is 10.0 Å². The van der Waals surface area contributed by atoms with Crippen molar-refractivity contribution in [3.63, 3.8) is 0 Å². The van der Waals surface area contributed by atoms with Crippen LogP contribution in [0.4, 0.5) is 0 Å². The first-order valence-corrected chi connectivity index (χ1v) is 6.33. The molecule has 3 rings (SSSR count). The maximum Gasteiger partial charge on any atom is 0.344 e. The van der Waals surface area contributed by atoms with Crippen LogP contribution in [0.25, 0.3) is 22.1 Å². The van der Waals surface area contributed by atoms with E-state index in [0.29, 0.717) is 11.1 Å². The van der Waals surface area contributed by atoms with Crippen molar-refractivity contribution in [3.05, 3.63) is 69.5 Å². The molecule has 0 aliphatic heterocycles. The van der Waals surface area contributed by atoms with E-state index in [0.717, 1.165) is 15.4 Å². The van der Waals surface area contributed by atoms with Crippen LogP contribution in [0.1, 0.15) is 0 Å². The maximum atomic E-state index is 11.9. The molecule has 0 spiro atoms. The molecule has 3 heteroatoms. The summed E-state index contributed by atoms with van der Waals surface area (Å²) in [5.74, 6) is 0.575. The summed E-state index contributed by atoms with van der Waals surface area (Å²) in [6.07, 6.45) is 0. The summed E-state index contributed by atoms with van der Waals surface area (Å²) in [6.45, 7) is 0. The monoisotopic (exact) mass is 300 g/mol. The van der Waals surface area contributed by atoms with Crippen LogP contribution in [0.15, 0.2) is 68.3 Å². The first-order chi connectivity index (χ1) is 8.75. The van der Waals surface area contributed by atoms with E-state index in [4.69, 9.17) is 4.42 Å². The molecule has 0 fully saturated rings. The Balaban J connectivity index is 2.32. The maximum absolute atomic E-state index is 11.9.